The third-order valence-electron chi connectivity index (χ3n) is 7.06. The lowest BCUT2D eigenvalue weighted by Gasteiger charge is -2.39. The smallest absolute Gasteiger partial charge is 0.227 e. The minimum absolute atomic E-state index is 0.0208. The summed E-state index contributed by atoms with van der Waals surface area (Å²) in [5.74, 6) is 1.97. The Labute approximate surface area is 207 Å². The van der Waals surface area contributed by atoms with Crippen molar-refractivity contribution in [3.63, 3.8) is 0 Å². The molecule has 3 heterocycles. The van der Waals surface area contributed by atoms with E-state index in [0.717, 1.165) is 74.9 Å². The maximum absolute atomic E-state index is 13.3. The lowest BCUT2D eigenvalue weighted by Crippen LogP contribution is -2.52. The molecule has 0 spiro atoms. The molecule has 0 bridgehead atoms. The number of amides is 1. The van der Waals surface area contributed by atoms with E-state index in [0.29, 0.717) is 6.54 Å². The highest BCUT2D eigenvalue weighted by molar-refractivity contribution is 5.80. The standard InChI is InChI=1S/C28H33N5O2/c1-35-25-11-9-23(10-12-25)26-13-14-27(30-29-26)33-15-5-8-24(21-33)28(34)32-18-16-31(17-19-32)20-22-6-3-2-4-7-22/h2-4,6-7,9-14,24H,5,8,15-21H2,1H3. The van der Waals surface area contributed by atoms with E-state index in [-0.39, 0.29) is 11.8 Å². The zero-order valence-electron chi connectivity index (χ0n) is 20.3. The predicted octanol–water partition coefficient (Wildman–Crippen LogP) is 3.71. The number of hydrogen-bond donors (Lipinski definition) is 0. The van der Waals surface area contributed by atoms with Crippen LogP contribution in [0, 0.1) is 5.92 Å². The number of methoxy groups -OCH3 is 1. The Bertz CT molecular complexity index is 1100. The van der Waals surface area contributed by atoms with E-state index in [9.17, 15) is 4.79 Å². The minimum atomic E-state index is 0.0208. The number of anilines is 1. The van der Waals surface area contributed by atoms with E-state index in [1.165, 1.54) is 5.56 Å². The summed E-state index contributed by atoms with van der Waals surface area (Å²) in [5.41, 5.74) is 3.16. The summed E-state index contributed by atoms with van der Waals surface area (Å²) in [7, 11) is 1.66. The van der Waals surface area contributed by atoms with Crippen molar-refractivity contribution in [3.8, 4) is 17.0 Å². The molecule has 5 rings (SSSR count). The number of piperazine rings is 1. The monoisotopic (exact) mass is 471 g/mol. The topological polar surface area (TPSA) is 61.8 Å². The van der Waals surface area contributed by atoms with Gasteiger partial charge in [-0.15, -0.1) is 10.2 Å². The molecule has 7 nitrogen and oxygen atoms in total. The second-order valence-corrected chi connectivity index (χ2v) is 9.38. The van der Waals surface area contributed by atoms with Crippen LogP contribution in [0.4, 0.5) is 5.82 Å². The number of hydrogen-bond acceptors (Lipinski definition) is 6. The first-order chi connectivity index (χ1) is 17.2. The number of nitrogens with zero attached hydrogens (tertiary/aromatic N) is 5. The molecule has 2 aromatic carbocycles. The van der Waals surface area contributed by atoms with Gasteiger partial charge < -0.3 is 14.5 Å². The Morgan fingerprint density at radius 1 is 0.914 bits per heavy atom. The lowest BCUT2D eigenvalue weighted by molar-refractivity contribution is -0.137. The molecule has 0 radical (unpaired) electrons. The van der Waals surface area contributed by atoms with Crippen molar-refractivity contribution in [1.82, 2.24) is 20.0 Å². The first kappa shape index (κ1) is 23.3. The van der Waals surface area contributed by atoms with E-state index in [4.69, 9.17) is 4.74 Å². The molecule has 3 aromatic rings. The molecule has 1 atom stereocenters. The van der Waals surface area contributed by atoms with Gasteiger partial charge in [-0.2, -0.15) is 0 Å². The van der Waals surface area contributed by atoms with Crippen LogP contribution in [0.2, 0.25) is 0 Å². The molecule has 2 fully saturated rings. The molecular weight excluding hydrogens is 438 g/mol. The highest BCUT2D eigenvalue weighted by atomic mass is 16.5. The summed E-state index contributed by atoms with van der Waals surface area (Å²) < 4.78 is 5.23. The van der Waals surface area contributed by atoms with Gasteiger partial charge in [0.2, 0.25) is 5.91 Å². The second kappa shape index (κ2) is 10.9. The van der Waals surface area contributed by atoms with Gasteiger partial charge in [-0.05, 0) is 54.8 Å². The lowest BCUT2D eigenvalue weighted by atomic mass is 9.96. The fraction of sp³-hybridized carbons (Fsp3) is 0.393. The van der Waals surface area contributed by atoms with Gasteiger partial charge in [0.15, 0.2) is 5.82 Å². The van der Waals surface area contributed by atoms with Crippen molar-refractivity contribution in [2.45, 2.75) is 19.4 Å². The predicted molar refractivity (Wildman–Crippen MR) is 137 cm³/mol. The van der Waals surface area contributed by atoms with Crippen molar-refractivity contribution in [1.29, 1.82) is 0 Å². The number of aromatic nitrogens is 2. The molecule has 0 N–H and O–H groups in total. The van der Waals surface area contributed by atoms with Crippen LogP contribution >= 0.6 is 0 Å². The van der Waals surface area contributed by atoms with Crippen LogP contribution in [-0.2, 0) is 11.3 Å². The van der Waals surface area contributed by atoms with Crippen LogP contribution in [0.1, 0.15) is 18.4 Å². The molecular formula is C28H33N5O2. The van der Waals surface area contributed by atoms with Gasteiger partial charge in [-0.3, -0.25) is 9.69 Å². The molecule has 1 amide bonds. The van der Waals surface area contributed by atoms with Crippen molar-refractivity contribution >= 4 is 11.7 Å². The van der Waals surface area contributed by atoms with Crippen molar-refractivity contribution < 1.29 is 9.53 Å². The fourth-order valence-electron chi connectivity index (χ4n) is 5.02. The molecule has 1 aromatic heterocycles. The average Bonchev–Trinajstić information content (AvgIpc) is 2.94. The van der Waals surface area contributed by atoms with Crippen molar-refractivity contribution in [2.24, 2.45) is 5.92 Å². The third kappa shape index (κ3) is 5.62. The zero-order chi connectivity index (χ0) is 24.0. The summed E-state index contributed by atoms with van der Waals surface area (Å²) in [4.78, 5) is 20.0. The molecule has 7 heteroatoms. The van der Waals surface area contributed by atoms with Crippen LogP contribution in [0.25, 0.3) is 11.3 Å². The third-order valence-corrected chi connectivity index (χ3v) is 7.06. The van der Waals surface area contributed by atoms with Crippen molar-refractivity contribution in [3.05, 3.63) is 72.3 Å². The molecule has 1 unspecified atom stereocenters. The number of carbonyl (C=O) groups is 1. The van der Waals surface area contributed by atoms with E-state index in [1.807, 2.05) is 36.4 Å². The number of benzene rings is 2. The first-order valence-corrected chi connectivity index (χ1v) is 12.5. The van der Waals surface area contributed by atoms with Gasteiger partial charge in [0.25, 0.3) is 0 Å². The average molecular weight is 472 g/mol. The number of ether oxygens (including phenoxy) is 1. The van der Waals surface area contributed by atoms with Gasteiger partial charge in [-0.1, -0.05) is 30.3 Å². The van der Waals surface area contributed by atoms with E-state index < -0.39 is 0 Å². The Morgan fingerprint density at radius 2 is 1.69 bits per heavy atom. The van der Waals surface area contributed by atoms with E-state index >= 15 is 0 Å². The van der Waals surface area contributed by atoms with Gasteiger partial charge in [0.05, 0.1) is 18.7 Å². The second-order valence-electron chi connectivity index (χ2n) is 9.38. The molecule has 182 valence electrons. The Morgan fingerprint density at radius 3 is 2.37 bits per heavy atom. The van der Waals surface area contributed by atoms with Gasteiger partial charge in [0.1, 0.15) is 5.75 Å². The van der Waals surface area contributed by atoms with Crippen LogP contribution in [0.15, 0.2) is 66.7 Å². The SMILES string of the molecule is COc1ccc(-c2ccc(N3CCCC(C(=O)N4CCN(Cc5ccccc5)CC4)C3)nn2)cc1. The van der Waals surface area contributed by atoms with Crippen LogP contribution in [-0.4, -0.2) is 72.3 Å². The summed E-state index contributed by atoms with van der Waals surface area (Å²) in [6.07, 6.45) is 1.93. The largest absolute Gasteiger partial charge is 0.497 e. The zero-order valence-corrected chi connectivity index (χ0v) is 20.3. The van der Waals surface area contributed by atoms with Gasteiger partial charge >= 0.3 is 0 Å². The quantitative estimate of drug-likeness (QED) is 0.546. The van der Waals surface area contributed by atoms with Crippen molar-refractivity contribution in [2.75, 3.05) is 51.3 Å². The van der Waals surface area contributed by atoms with Crippen LogP contribution < -0.4 is 9.64 Å². The summed E-state index contributed by atoms with van der Waals surface area (Å²) in [6.45, 7) is 6.03. The normalized spacial score (nSPS) is 18.9. The maximum atomic E-state index is 13.3. The molecule has 0 saturated carbocycles. The van der Waals surface area contributed by atoms with Crippen LogP contribution in [0.5, 0.6) is 5.75 Å². The molecule has 35 heavy (non-hydrogen) atoms. The first-order valence-electron chi connectivity index (χ1n) is 12.5. The summed E-state index contributed by atoms with van der Waals surface area (Å²) in [6, 6.07) is 22.4. The summed E-state index contributed by atoms with van der Waals surface area (Å²) in [5, 5.41) is 8.94. The molecule has 2 saturated heterocycles. The number of carbonyl (C=O) groups excluding carboxylic acids is 1. The Kier molecular flexibility index (Phi) is 7.23. The summed E-state index contributed by atoms with van der Waals surface area (Å²) >= 11 is 0. The molecule has 2 aliphatic heterocycles. The Hall–Kier alpha value is -3.45. The number of piperidine rings is 1. The fourth-order valence-corrected chi connectivity index (χ4v) is 5.02. The minimum Gasteiger partial charge on any atom is -0.497 e. The Balaban J connectivity index is 1.15. The maximum Gasteiger partial charge on any atom is 0.227 e. The highest BCUT2D eigenvalue weighted by Crippen LogP contribution is 2.26. The highest BCUT2D eigenvalue weighted by Gasteiger charge is 2.31. The van der Waals surface area contributed by atoms with Crippen LogP contribution in [0.3, 0.4) is 0 Å². The van der Waals surface area contributed by atoms with Gasteiger partial charge in [-0.25, -0.2) is 0 Å². The number of rotatable bonds is 6. The van der Waals surface area contributed by atoms with E-state index in [2.05, 4.69) is 55.2 Å². The van der Waals surface area contributed by atoms with Gasteiger partial charge in [0, 0.05) is 51.4 Å². The molecule has 0 aliphatic carbocycles. The van der Waals surface area contributed by atoms with E-state index in [1.54, 1.807) is 7.11 Å². The molecule has 2 aliphatic rings.